The lowest BCUT2D eigenvalue weighted by Crippen LogP contribution is -2.37. The van der Waals surface area contributed by atoms with E-state index in [9.17, 15) is 13.6 Å². The number of nitrogens with one attached hydrogen (secondary N) is 2. The van der Waals surface area contributed by atoms with Crippen LogP contribution >= 0.6 is 0 Å². The van der Waals surface area contributed by atoms with Crippen molar-refractivity contribution in [1.29, 1.82) is 0 Å². The fourth-order valence-electron chi connectivity index (χ4n) is 2.89. The van der Waals surface area contributed by atoms with Crippen LogP contribution in [0.4, 0.5) is 8.78 Å². The van der Waals surface area contributed by atoms with E-state index in [1.54, 1.807) is 0 Å². The topological polar surface area (TPSA) is 50.4 Å². The maximum atomic E-state index is 14.2. The number of benzene rings is 1. The summed E-state index contributed by atoms with van der Waals surface area (Å²) in [5, 5.41) is 5.97. The Labute approximate surface area is 135 Å². The molecule has 2 atom stereocenters. The van der Waals surface area contributed by atoms with E-state index in [1.165, 1.54) is 12.1 Å². The molecule has 2 rings (SSSR count). The molecule has 1 unspecified atom stereocenters. The largest absolute Gasteiger partial charge is 0.363 e. The monoisotopic (exact) mass is 326 g/mol. The molecule has 0 aliphatic carbocycles. The molecular weight excluding hydrogens is 302 g/mol. The summed E-state index contributed by atoms with van der Waals surface area (Å²) in [6.45, 7) is 5.10. The van der Waals surface area contributed by atoms with Crippen molar-refractivity contribution < 1.29 is 18.3 Å². The molecule has 23 heavy (non-hydrogen) atoms. The van der Waals surface area contributed by atoms with E-state index in [1.807, 2.05) is 13.8 Å². The molecule has 1 amide bonds. The van der Waals surface area contributed by atoms with Gasteiger partial charge >= 0.3 is 0 Å². The van der Waals surface area contributed by atoms with Crippen LogP contribution in [0.1, 0.15) is 38.4 Å². The second kappa shape index (κ2) is 8.36. The summed E-state index contributed by atoms with van der Waals surface area (Å²) in [7, 11) is 0. The number of carbonyl (C=O) groups is 1. The van der Waals surface area contributed by atoms with Crippen LogP contribution in [0.3, 0.4) is 0 Å². The van der Waals surface area contributed by atoms with Gasteiger partial charge in [0.05, 0.1) is 6.10 Å². The quantitative estimate of drug-likeness (QED) is 0.845. The first-order valence-corrected chi connectivity index (χ1v) is 8.04. The van der Waals surface area contributed by atoms with Crippen molar-refractivity contribution in [2.45, 2.75) is 38.8 Å². The fraction of sp³-hybridized carbons (Fsp3) is 0.588. The predicted octanol–water partition coefficient (Wildman–Crippen LogP) is 2.55. The van der Waals surface area contributed by atoms with E-state index in [0.29, 0.717) is 6.54 Å². The highest BCUT2D eigenvalue weighted by molar-refractivity contribution is 5.77. The molecule has 1 aliphatic rings. The molecule has 1 aliphatic heterocycles. The van der Waals surface area contributed by atoms with Crippen molar-refractivity contribution in [2.75, 3.05) is 19.7 Å². The molecule has 6 heteroatoms. The van der Waals surface area contributed by atoms with Gasteiger partial charge in [-0.15, -0.1) is 0 Å². The first-order chi connectivity index (χ1) is 11.0. The second-order valence-electron chi connectivity index (χ2n) is 6.20. The number of hydrogen-bond acceptors (Lipinski definition) is 3. The zero-order valence-corrected chi connectivity index (χ0v) is 13.6. The Balaban J connectivity index is 2.14. The average Bonchev–Trinajstić information content (AvgIpc) is 2.52. The highest BCUT2D eigenvalue weighted by atomic mass is 19.2. The van der Waals surface area contributed by atoms with Crippen LogP contribution in [0.5, 0.6) is 0 Å². The van der Waals surface area contributed by atoms with Crippen LogP contribution in [0.2, 0.25) is 0 Å². The van der Waals surface area contributed by atoms with Crippen LogP contribution in [-0.2, 0) is 9.53 Å². The van der Waals surface area contributed by atoms with Gasteiger partial charge in [-0.3, -0.25) is 4.79 Å². The van der Waals surface area contributed by atoms with Crippen molar-refractivity contribution in [3.05, 3.63) is 35.4 Å². The van der Waals surface area contributed by atoms with Crippen LogP contribution in [0.25, 0.3) is 0 Å². The summed E-state index contributed by atoms with van der Waals surface area (Å²) >= 11 is 0. The van der Waals surface area contributed by atoms with E-state index >= 15 is 0 Å². The number of amides is 1. The number of piperidine rings is 1. The third-order valence-electron chi connectivity index (χ3n) is 3.89. The Kier molecular flexibility index (Phi) is 6.47. The van der Waals surface area contributed by atoms with Crippen molar-refractivity contribution in [1.82, 2.24) is 10.6 Å². The standard InChI is InChI=1S/C17H24F2N2O2/c1-11(2)21-15(22)10-23-17(12-5-4-8-20-9-12)13-6-3-7-14(18)16(13)19/h3,6-7,11-12,17,20H,4-5,8-10H2,1-2H3,(H,21,22)/t12?,17-/m1/s1. The van der Waals surface area contributed by atoms with Crippen LogP contribution in [-0.4, -0.2) is 31.6 Å². The van der Waals surface area contributed by atoms with Gasteiger partial charge in [0.1, 0.15) is 6.61 Å². The van der Waals surface area contributed by atoms with E-state index in [2.05, 4.69) is 10.6 Å². The van der Waals surface area contributed by atoms with Crippen molar-refractivity contribution in [3.63, 3.8) is 0 Å². The average molecular weight is 326 g/mol. The normalized spacial score (nSPS) is 19.6. The van der Waals surface area contributed by atoms with Gasteiger partial charge in [0.2, 0.25) is 5.91 Å². The van der Waals surface area contributed by atoms with Gasteiger partial charge < -0.3 is 15.4 Å². The van der Waals surface area contributed by atoms with Crippen LogP contribution in [0, 0.1) is 17.6 Å². The maximum absolute atomic E-state index is 14.2. The summed E-state index contributed by atoms with van der Waals surface area (Å²) in [5.41, 5.74) is 0.177. The number of halogens is 2. The van der Waals surface area contributed by atoms with Gasteiger partial charge in [0, 0.05) is 24.1 Å². The molecule has 0 saturated carbocycles. The fourth-order valence-corrected chi connectivity index (χ4v) is 2.89. The predicted molar refractivity (Wildman–Crippen MR) is 83.9 cm³/mol. The summed E-state index contributed by atoms with van der Waals surface area (Å²) < 4.78 is 33.4. The molecule has 0 bridgehead atoms. The maximum Gasteiger partial charge on any atom is 0.246 e. The van der Waals surface area contributed by atoms with Gasteiger partial charge in [-0.2, -0.15) is 0 Å². The lowest BCUT2D eigenvalue weighted by Gasteiger charge is -2.31. The van der Waals surface area contributed by atoms with E-state index in [0.717, 1.165) is 25.5 Å². The summed E-state index contributed by atoms with van der Waals surface area (Å²) in [6, 6.07) is 4.08. The Morgan fingerprint density at radius 3 is 2.87 bits per heavy atom. The summed E-state index contributed by atoms with van der Waals surface area (Å²) in [6.07, 6.45) is 1.15. The van der Waals surface area contributed by atoms with Gasteiger partial charge in [-0.05, 0) is 39.3 Å². The van der Waals surface area contributed by atoms with Gasteiger partial charge in [0.25, 0.3) is 0 Å². The first-order valence-electron chi connectivity index (χ1n) is 8.04. The molecule has 128 valence electrons. The van der Waals surface area contributed by atoms with E-state index in [4.69, 9.17) is 4.74 Å². The molecule has 2 N–H and O–H groups in total. The van der Waals surface area contributed by atoms with Crippen molar-refractivity contribution >= 4 is 5.91 Å². The molecular formula is C17H24F2N2O2. The molecule has 1 aromatic carbocycles. The number of rotatable bonds is 6. The van der Waals surface area contributed by atoms with Crippen molar-refractivity contribution in [2.24, 2.45) is 5.92 Å². The molecule has 4 nitrogen and oxygen atoms in total. The second-order valence-corrected chi connectivity index (χ2v) is 6.20. The number of hydrogen-bond donors (Lipinski definition) is 2. The third kappa shape index (κ3) is 4.97. The smallest absolute Gasteiger partial charge is 0.246 e. The zero-order valence-electron chi connectivity index (χ0n) is 13.6. The molecule has 1 fully saturated rings. The van der Waals surface area contributed by atoms with Gasteiger partial charge in [-0.1, -0.05) is 12.1 Å². The molecule has 0 radical (unpaired) electrons. The minimum atomic E-state index is -0.897. The lowest BCUT2D eigenvalue weighted by molar-refractivity contribution is -0.130. The number of ether oxygens (including phenoxy) is 1. The Bertz CT molecular complexity index is 531. The highest BCUT2D eigenvalue weighted by Gasteiger charge is 2.29. The van der Waals surface area contributed by atoms with Crippen molar-refractivity contribution in [3.8, 4) is 0 Å². The first kappa shape index (κ1) is 17.8. The molecule has 0 spiro atoms. The van der Waals surface area contributed by atoms with E-state index in [-0.39, 0.29) is 30.0 Å². The Hall–Kier alpha value is -1.53. The minimum Gasteiger partial charge on any atom is -0.363 e. The zero-order chi connectivity index (χ0) is 16.8. The molecule has 0 aromatic heterocycles. The van der Waals surface area contributed by atoms with Gasteiger partial charge in [0.15, 0.2) is 11.6 Å². The molecule has 1 heterocycles. The van der Waals surface area contributed by atoms with Crippen LogP contribution in [0.15, 0.2) is 18.2 Å². The Morgan fingerprint density at radius 2 is 2.22 bits per heavy atom. The summed E-state index contributed by atoms with van der Waals surface area (Å²) in [4.78, 5) is 11.8. The molecule has 1 aromatic rings. The highest BCUT2D eigenvalue weighted by Crippen LogP contribution is 2.32. The third-order valence-corrected chi connectivity index (χ3v) is 3.89. The van der Waals surface area contributed by atoms with Gasteiger partial charge in [-0.25, -0.2) is 8.78 Å². The van der Waals surface area contributed by atoms with Crippen LogP contribution < -0.4 is 10.6 Å². The molecule has 1 saturated heterocycles. The number of carbonyl (C=O) groups excluding carboxylic acids is 1. The lowest BCUT2D eigenvalue weighted by atomic mass is 9.89. The summed E-state index contributed by atoms with van der Waals surface area (Å²) in [5.74, 6) is -2.05. The Morgan fingerprint density at radius 1 is 1.43 bits per heavy atom. The minimum absolute atomic E-state index is 0.00630. The van der Waals surface area contributed by atoms with E-state index < -0.39 is 17.7 Å². The SMILES string of the molecule is CC(C)NC(=O)CO[C@@H](c1cccc(F)c1F)C1CCCNC1.